The summed E-state index contributed by atoms with van der Waals surface area (Å²) in [4.78, 5) is 8.97. The number of aromatic nitrogens is 2. The van der Waals surface area contributed by atoms with Crippen LogP contribution in [0.15, 0.2) is 47.5 Å². The van der Waals surface area contributed by atoms with Crippen molar-refractivity contribution in [1.82, 2.24) is 9.97 Å². The Balaban J connectivity index is 1.94. The molecule has 1 heterocycles. The Labute approximate surface area is 151 Å². The van der Waals surface area contributed by atoms with Crippen molar-refractivity contribution in [2.75, 3.05) is 25.3 Å². The molecule has 1 aromatic heterocycles. The van der Waals surface area contributed by atoms with E-state index in [-0.39, 0.29) is 10.6 Å². The Morgan fingerprint density at radius 2 is 1.73 bits per heavy atom. The van der Waals surface area contributed by atoms with Crippen LogP contribution in [0.2, 0.25) is 0 Å². The zero-order chi connectivity index (χ0) is 18.7. The van der Waals surface area contributed by atoms with Crippen molar-refractivity contribution in [2.45, 2.75) is 11.8 Å². The van der Waals surface area contributed by atoms with Crippen molar-refractivity contribution < 1.29 is 17.9 Å². The molecule has 0 unspecified atom stereocenters. The van der Waals surface area contributed by atoms with Gasteiger partial charge in [-0.15, -0.1) is 0 Å². The van der Waals surface area contributed by atoms with E-state index in [4.69, 9.17) is 9.47 Å². The molecule has 0 bridgehead atoms. The zero-order valence-electron chi connectivity index (χ0n) is 14.7. The fourth-order valence-corrected chi connectivity index (χ4v) is 3.36. The summed E-state index contributed by atoms with van der Waals surface area (Å²) in [6.07, 6.45) is 1.59. The molecule has 0 saturated carbocycles. The van der Waals surface area contributed by atoms with Crippen LogP contribution in [0.25, 0.3) is 10.9 Å². The summed E-state index contributed by atoms with van der Waals surface area (Å²) in [6.45, 7) is 1.62. The Morgan fingerprint density at radius 3 is 2.35 bits per heavy atom. The van der Waals surface area contributed by atoms with E-state index in [1.54, 1.807) is 63.7 Å². The van der Waals surface area contributed by atoms with E-state index >= 15 is 0 Å². The molecule has 3 rings (SSSR count). The van der Waals surface area contributed by atoms with Gasteiger partial charge >= 0.3 is 0 Å². The van der Waals surface area contributed by atoms with Gasteiger partial charge in [0.05, 0.1) is 30.4 Å². The van der Waals surface area contributed by atoms with Gasteiger partial charge in [-0.1, -0.05) is 6.92 Å². The summed E-state index contributed by atoms with van der Waals surface area (Å²) in [5, 5.41) is 3.76. The number of methoxy groups -OCH3 is 2. The minimum absolute atomic E-state index is 0.0523. The quantitative estimate of drug-likeness (QED) is 0.709. The number of nitrogens with one attached hydrogen (secondary N) is 1. The average Bonchev–Trinajstić information content (AvgIpc) is 2.67. The molecule has 0 spiro atoms. The lowest BCUT2D eigenvalue weighted by atomic mass is 10.2. The average molecular weight is 373 g/mol. The molecule has 0 amide bonds. The van der Waals surface area contributed by atoms with Crippen molar-refractivity contribution >= 4 is 32.4 Å². The molecule has 0 aliphatic heterocycles. The first-order chi connectivity index (χ1) is 12.4. The van der Waals surface area contributed by atoms with Gasteiger partial charge in [-0.05, 0) is 18.2 Å². The second-order valence-electron chi connectivity index (χ2n) is 5.54. The summed E-state index contributed by atoms with van der Waals surface area (Å²) >= 11 is 0. The van der Waals surface area contributed by atoms with Crippen LogP contribution in [-0.2, 0) is 9.84 Å². The molecule has 0 fully saturated rings. The highest BCUT2D eigenvalue weighted by Gasteiger charge is 2.12. The van der Waals surface area contributed by atoms with E-state index in [1.807, 2.05) is 0 Å². The predicted molar refractivity (Wildman–Crippen MR) is 100 cm³/mol. The molecule has 0 saturated heterocycles. The lowest BCUT2D eigenvalue weighted by molar-refractivity contribution is 0.395. The summed E-state index contributed by atoms with van der Waals surface area (Å²) in [5.41, 5.74) is 1.36. The van der Waals surface area contributed by atoms with Crippen molar-refractivity contribution in [3.8, 4) is 11.5 Å². The Bertz CT molecular complexity index is 1030. The van der Waals surface area contributed by atoms with Gasteiger partial charge in [-0.2, -0.15) is 0 Å². The first-order valence-electron chi connectivity index (χ1n) is 7.95. The number of hydrogen-bond donors (Lipinski definition) is 1. The molecule has 7 nitrogen and oxygen atoms in total. The molecule has 3 aromatic rings. The summed E-state index contributed by atoms with van der Waals surface area (Å²) in [7, 11) is -0.110. The Kier molecular flexibility index (Phi) is 4.94. The molecule has 136 valence electrons. The molecule has 0 atom stereocenters. The van der Waals surface area contributed by atoms with Gasteiger partial charge in [-0.3, -0.25) is 0 Å². The molecular formula is C18H19N3O4S. The number of sulfone groups is 1. The lowest BCUT2D eigenvalue weighted by Gasteiger charge is -2.10. The minimum atomic E-state index is -3.26. The molecular weight excluding hydrogens is 354 g/mol. The molecule has 8 heteroatoms. The van der Waals surface area contributed by atoms with Gasteiger partial charge in [0.1, 0.15) is 11.5 Å². The summed E-state index contributed by atoms with van der Waals surface area (Å²) < 4.78 is 34.5. The standard InChI is InChI=1S/C18H19N3O4S/c1-4-26(22,23)16-5-6-17-12(7-16)11-19-18(21-17)20-13-8-14(24-2)10-15(9-13)25-3/h5-11H,4H2,1-3H3,(H,19,20,21). The molecule has 2 aromatic carbocycles. The largest absolute Gasteiger partial charge is 0.497 e. The number of ether oxygens (including phenoxy) is 2. The third-order valence-electron chi connectivity index (χ3n) is 3.90. The summed E-state index contributed by atoms with van der Waals surface area (Å²) in [5.74, 6) is 1.72. The van der Waals surface area contributed by atoms with E-state index in [1.165, 1.54) is 0 Å². The number of hydrogen-bond acceptors (Lipinski definition) is 7. The third kappa shape index (κ3) is 3.70. The van der Waals surface area contributed by atoms with Crippen LogP contribution in [0.5, 0.6) is 11.5 Å². The normalized spacial score (nSPS) is 11.3. The second-order valence-corrected chi connectivity index (χ2v) is 7.82. The number of nitrogens with zero attached hydrogens (tertiary/aromatic N) is 2. The van der Waals surface area contributed by atoms with Crippen LogP contribution in [0, 0.1) is 0 Å². The first-order valence-corrected chi connectivity index (χ1v) is 9.60. The van der Waals surface area contributed by atoms with Gasteiger partial charge < -0.3 is 14.8 Å². The van der Waals surface area contributed by atoms with E-state index in [0.29, 0.717) is 34.0 Å². The van der Waals surface area contributed by atoms with Crippen molar-refractivity contribution in [2.24, 2.45) is 0 Å². The van der Waals surface area contributed by atoms with E-state index in [2.05, 4.69) is 15.3 Å². The van der Waals surface area contributed by atoms with Crippen molar-refractivity contribution in [3.63, 3.8) is 0 Å². The second kappa shape index (κ2) is 7.17. The molecule has 0 radical (unpaired) electrons. The van der Waals surface area contributed by atoms with E-state index in [9.17, 15) is 8.42 Å². The highest BCUT2D eigenvalue weighted by atomic mass is 32.2. The van der Waals surface area contributed by atoms with Crippen molar-refractivity contribution in [1.29, 1.82) is 0 Å². The zero-order valence-corrected chi connectivity index (χ0v) is 15.5. The van der Waals surface area contributed by atoms with Crippen molar-refractivity contribution in [3.05, 3.63) is 42.6 Å². The smallest absolute Gasteiger partial charge is 0.227 e. The van der Waals surface area contributed by atoms with Gasteiger partial charge in [0.25, 0.3) is 0 Å². The van der Waals surface area contributed by atoms with Crippen LogP contribution in [-0.4, -0.2) is 38.4 Å². The van der Waals surface area contributed by atoms with Gasteiger partial charge in [0.15, 0.2) is 9.84 Å². The van der Waals surface area contributed by atoms with E-state index in [0.717, 1.165) is 0 Å². The highest BCUT2D eigenvalue weighted by Crippen LogP contribution is 2.27. The monoisotopic (exact) mass is 373 g/mol. The van der Waals surface area contributed by atoms with Gasteiger partial charge in [0, 0.05) is 35.5 Å². The fourth-order valence-electron chi connectivity index (χ4n) is 2.44. The molecule has 0 aliphatic carbocycles. The third-order valence-corrected chi connectivity index (χ3v) is 5.63. The number of fused-ring (bicyclic) bond motifs is 1. The van der Waals surface area contributed by atoms with Crippen LogP contribution >= 0.6 is 0 Å². The SMILES string of the molecule is CCS(=O)(=O)c1ccc2nc(Nc3cc(OC)cc(OC)c3)ncc2c1. The fraction of sp³-hybridized carbons (Fsp3) is 0.222. The minimum Gasteiger partial charge on any atom is -0.497 e. The maximum atomic E-state index is 12.0. The van der Waals surface area contributed by atoms with Crippen LogP contribution in [0.4, 0.5) is 11.6 Å². The molecule has 0 aliphatic rings. The maximum absolute atomic E-state index is 12.0. The maximum Gasteiger partial charge on any atom is 0.227 e. The van der Waals surface area contributed by atoms with Gasteiger partial charge in [-0.25, -0.2) is 18.4 Å². The number of benzene rings is 2. The number of rotatable bonds is 6. The van der Waals surface area contributed by atoms with Crippen LogP contribution in [0.1, 0.15) is 6.92 Å². The van der Waals surface area contributed by atoms with Crippen LogP contribution < -0.4 is 14.8 Å². The Morgan fingerprint density at radius 1 is 1.04 bits per heavy atom. The summed E-state index contributed by atoms with van der Waals surface area (Å²) in [6, 6.07) is 10.2. The Hall–Kier alpha value is -2.87. The number of anilines is 2. The predicted octanol–water partition coefficient (Wildman–Crippen LogP) is 3.18. The topological polar surface area (TPSA) is 90.4 Å². The molecule has 1 N–H and O–H groups in total. The van der Waals surface area contributed by atoms with Crippen LogP contribution in [0.3, 0.4) is 0 Å². The first kappa shape index (κ1) is 17.9. The van der Waals surface area contributed by atoms with E-state index < -0.39 is 9.84 Å². The molecule has 26 heavy (non-hydrogen) atoms. The lowest BCUT2D eigenvalue weighted by Crippen LogP contribution is -2.04. The highest BCUT2D eigenvalue weighted by molar-refractivity contribution is 7.91. The van der Waals surface area contributed by atoms with Gasteiger partial charge in [0.2, 0.25) is 5.95 Å².